The van der Waals surface area contributed by atoms with Crippen LogP contribution in [0.5, 0.6) is 0 Å². The zero-order chi connectivity index (χ0) is 13.8. The van der Waals surface area contributed by atoms with Crippen molar-refractivity contribution in [2.24, 2.45) is 0 Å². The molecular weight excluding hydrogens is 244 g/mol. The number of hydrogen-bond donors (Lipinski definition) is 2. The molecule has 2 aromatic heterocycles. The molecule has 0 amide bonds. The molecule has 2 heterocycles. The van der Waals surface area contributed by atoms with Crippen molar-refractivity contribution in [2.75, 3.05) is 11.1 Å². The van der Waals surface area contributed by atoms with Gasteiger partial charge in [-0.3, -0.25) is 0 Å². The number of nitrogen functional groups attached to an aromatic ring is 1. The third kappa shape index (κ3) is 3.18. The fourth-order valence-corrected chi connectivity index (χ4v) is 1.66. The Morgan fingerprint density at radius 1 is 1.21 bits per heavy atom. The van der Waals surface area contributed by atoms with Gasteiger partial charge < -0.3 is 15.6 Å². The lowest BCUT2D eigenvalue weighted by atomic mass is 10.2. The Morgan fingerprint density at radius 3 is 2.63 bits per heavy atom. The Kier molecular flexibility index (Phi) is 3.94. The van der Waals surface area contributed by atoms with Crippen LogP contribution in [0.2, 0.25) is 0 Å². The van der Waals surface area contributed by atoms with Gasteiger partial charge in [-0.15, -0.1) is 0 Å². The Balaban J connectivity index is 2.14. The molecule has 0 atom stereocenters. The Bertz CT molecular complexity index is 565. The zero-order valence-electron chi connectivity index (χ0n) is 11.4. The third-order valence-corrected chi connectivity index (χ3v) is 2.68. The van der Waals surface area contributed by atoms with Crippen LogP contribution in [0.3, 0.4) is 0 Å². The van der Waals surface area contributed by atoms with Gasteiger partial charge >= 0.3 is 0 Å². The molecule has 3 N–H and O–H groups in total. The van der Waals surface area contributed by atoms with Crippen LogP contribution in [0, 0.1) is 13.8 Å². The van der Waals surface area contributed by atoms with Gasteiger partial charge in [0.15, 0.2) is 5.82 Å². The summed E-state index contributed by atoms with van der Waals surface area (Å²) in [4.78, 5) is 12.8. The van der Waals surface area contributed by atoms with Gasteiger partial charge in [0, 0.05) is 12.0 Å². The second kappa shape index (κ2) is 5.64. The molecule has 2 rings (SSSR count). The molecule has 0 fully saturated rings. The van der Waals surface area contributed by atoms with Gasteiger partial charge in [0.1, 0.15) is 17.5 Å². The molecule has 2 aromatic rings. The number of nitrogens with one attached hydrogen (secondary N) is 1. The Labute approximate surface area is 111 Å². The highest BCUT2D eigenvalue weighted by molar-refractivity contribution is 5.54. The van der Waals surface area contributed by atoms with Gasteiger partial charge in [-0.1, -0.05) is 12.1 Å². The average Bonchev–Trinajstić information content (AvgIpc) is 2.78. The van der Waals surface area contributed by atoms with Crippen molar-refractivity contribution in [3.05, 3.63) is 23.1 Å². The average molecular weight is 262 g/mol. The summed E-state index contributed by atoms with van der Waals surface area (Å²) < 4.78 is 5.04. The fraction of sp³-hybridized carbons (Fsp3) is 0.500. The molecule has 7 heteroatoms. The van der Waals surface area contributed by atoms with Crippen molar-refractivity contribution in [3.63, 3.8) is 0 Å². The summed E-state index contributed by atoms with van der Waals surface area (Å²) in [6, 6.07) is 0. The second-order valence-corrected chi connectivity index (χ2v) is 4.34. The summed E-state index contributed by atoms with van der Waals surface area (Å²) in [7, 11) is 0. The van der Waals surface area contributed by atoms with Crippen molar-refractivity contribution >= 4 is 11.6 Å². The highest BCUT2D eigenvalue weighted by Crippen LogP contribution is 2.18. The van der Waals surface area contributed by atoms with E-state index in [4.69, 9.17) is 10.3 Å². The maximum Gasteiger partial charge on any atom is 0.245 e. The van der Waals surface area contributed by atoms with Gasteiger partial charge in [-0.2, -0.15) is 4.98 Å². The van der Waals surface area contributed by atoms with Crippen molar-refractivity contribution in [2.45, 2.75) is 40.2 Å². The summed E-state index contributed by atoms with van der Waals surface area (Å²) in [5.74, 6) is 3.10. The lowest BCUT2D eigenvalue weighted by Crippen LogP contribution is -2.09. The minimum atomic E-state index is 0.420. The predicted molar refractivity (Wildman–Crippen MR) is 71.5 cm³/mol. The van der Waals surface area contributed by atoms with E-state index in [9.17, 15) is 0 Å². The van der Waals surface area contributed by atoms with Crippen LogP contribution in [-0.4, -0.2) is 20.1 Å². The molecule has 0 aliphatic rings. The molecule has 0 unspecified atom stereocenters. The molecule has 0 bridgehead atoms. The van der Waals surface area contributed by atoms with Gasteiger partial charge in [0.05, 0.1) is 6.54 Å². The third-order valence-electron chi connectivity index (χ3n) is 2.68. The molecule has 0 aromatic carbocycles. The first-order valence-electron chi connectivity index (χ1n) is 6.26. The molecule has 7 nitrogen and oxygen atoms in total. The molecular formula is C12H18N6O. The lowest BCUT2D eigenvalue weighted by molar-refractivity contribution is 0.379. The molecule has 0 saturated heterocycles. The van der Waals surface area contributed by atoms with Gasteiger partial charge in [-0.05, 0) is 20.3 Å². The number of aromatic nitrogens is 4. The van der Waals surface area contributed by atoms with Gasteiger partial charge in [0.2, 0.25) is 5.89 Å². The summed E-state index contributed by atoms with van der Waals surface area (Å²) in [6.07, 6.45) is 1.78. The summed E-state index contributed by atoms with van der Waals surface area (Å²) in [5, 5.41) is 6.89. The van der Waals surface area contributed by atoms with E-state index in [-0.39, 0.29) is 0 Å². The van der Waals surface area contributed by atoms with Crippen LogP contribution in [0.4, 0.5) is 11.6 Å². The van der Waals surface area contributed by atoms with Gasteiger partial charge in [-0.25, -0.2) is 9.97 Å². The van der Waals surface area contributed by atoms with E-state index in [1.165, 1.54) is 0 Å². The standard InChI is InChI=1S/C12H18N6O/c1-4-5-9-16-11(13)7(2)12(17-9)14-6-10-15-8(3)18-19-10/h4-6H2,1-3H3,(H3,13,14,16,17). The lowest BCUT2D eigenvalue weighted by Gasteiger charge is -2.10. The minimum absolute atomic E-state index is 0.420. The Hall–Kier alpha value is -2.18. The second-order valence-electron chi connectivity index (χ2n) is 4.34. The Morgan fingerprint density at radius 2 is 2.00 bits per heavy atom. The molecule has 102 valence electrons. The van der Waals surface area contributed by atoms with Crippen LogP contribution < -0.4 is 11.1 Å². The topological polar surface area (TPSA) is 103 Å². The maximum atomic E-state index is 5.88. The van der Waals surface area contributed by atoms with E-state index in [1.807, 2.05) is 6.92 Å². The number of hydrogen-bond acceptors (Lipinski definition) is 7. The van der Waals surface area contributed by atoms with Crippen molar-refractivity contribution in [1.29, 1.82) is 0 Å². The van der Waals surface area contributed by atoms with E-state index in [0.717, 1.165) is 24.2 Å². The summed E-state index contributed by atoms with van der Waals surface area (Å²) in [6.45, 7) is 6.16. The number of nitrogens with two attached hydrogens (primary N) is 1. The molecule has 0 spiro atoms. The number of rotatable bonds is 5. The fourth-order valence-electron chi connectivity index (χ4n) is 1.66. The van der Waals surface area contributed by atoms with Crippen molar-refractivity contribution in [3.8, 4) is 0 Å². The van der Waals surface area contributed by atoms with Gasteiger partial charge in [0.25, 0.3) is 0 Å². The highest BCUT2D eigenvalue weighted by Gasteiger charge is 2.09. The zero-order valence-corrected chi connectivity index (χ0v) is 11.4. The maximum absolute atomic E-state index is 5.88. The van der Waals surface area contributed by atoms with Crippen LogP contribution in [0.1, 0.15) is 36.4 Å². The van der Waals surface area contributed by atoms with E-state index in [0.29, 0.717) is 29.9 Å². The predicted octanol–water partition coefficient (Wildman–Crippen LogP) is 1.62. The van der Waals surface area contributed by atoms with Crippen LogP contribution >= 0.6 is 0 Å². The van der Waals surface area contributed by atoms with Crippen LogP contribution in [-0.2, 0) is 13.0 Å². The molecule has 0 aliphatic carbocycles. The monoisotopic (exact) mass is 262 g/mol. The number of anilines is 2. The molecule has 0 radical (unpaired) electrons. The van der Waals surface area contributed by atoms with E-state index < -0.39 is 0 Å². The van der Waals surface area contributed by atoms with Crippen LogP contribution in [0.15, 0.2) is 4.52 Å². The van der Waals surface area contributed by atoms with Crippen LogP contribution in [0.25, 0.3) is 0 Å². The first kappa shape index (κ1) is 13.3. The van der Waals surface area contributed by atoms with E-state index in [2.05, 4.69) is 32.3 Å². The molecule has 0 saturated carbocycles. The first-order valence-corrected chi connectivity index (χ1v) is 6.26. The number of nitrogens with zero attached hydrogens (tertiary/aromatic N) is 4. The quantitative estimate of drug-likeness (QED) is 0.843. The van der Waals surface area contributed by atoms with E-state index in [1.54, 1.807) is 6.92 Å². The minimum Gasteiger partial charge on any atom is -0.383 e. The smallest absolute Gasteiger partial charge is 0.245 e. The first-order chi connectivity index (χ1) is 9.10. The van der Waals surface area contributed by atoms with Crippen molar-refractivity contribution in [1.82, 2.24) is 20.1 Å². The molecule has 0 aliphatic heterocycles. The van der Waals surface area contributed by atoms with E-state index >= 15 is 0 Å². The highest BCUT2D eigenvalue weighted by atomic mass is 16.5. The van der Waals surface area contributed by atoms with Crippen molar-refractivity contribution < 1.29 is 4.52 Å². The molecule has 19 heavy (non-hydrogen) atoms. The SMILES string of the molecule is CCCc1nc(N)c(C)c(NCc2nc(C)no2)n1. The largest absolute Gasteiger partial charge is 0.383 e. The normalized spacial score (nSPS) is 10.7. The number of aryl methyl sites for hydroxylation is 2. The summed E-state index contributed by atoms with van der Waals surface area (Å²) in [5.41, 5.74) is 6.71. The summed E-state index contributed by atoms with van der Waals surface area (Å²) >= 11 is 0.